The molecule has 6 nitrogen and oxygen atoms in total. The van der Waals surface area contributed by atoms with Crippen LogP contribution in [0.4, 0.5) is 5.82 Å². The van der Waals surface area contributed by atoms with Crippen molar-refractivity contribution in [2.45, 2.75) is 11.8 Å². The lowest BCUT2D eigenvalue weighted by atomic mass is 10.2. The van der Waals surface area contributed by atoms with E-state index in [0.29, 0.717) is 0 Å². The van der Waals surface area contributed by atoms with Crippen molar-refractivity contribution in [2.75, 3.05) is 4.72 Å². The summed E-state index contributed by atoms with van der Waals surface area (Å²) < 4.78 is 27.5. The number of aromatic nitrogens is 1. The highest BCUT2D eigenvalue weighted by molar-refractivity contribution is 9.10. The van der Waals surface area contributed by atoms with Gasteiger partial charge in [0.25, 0.3) is 10.0 Å². The summed E-state index contributed by atoms with van der Waals surface area (Å²) in [6.07, 6.45) is 1.09. The maximum Gasteiger partial charge on any atom is 0.337 e. The van der Waals surface area contributed by atoms with Gasteiger partial charge in [-0.25, -0.2) is 18.2 Å². The minimum atomic E-state index is -3.77. The Morgan fingerprint density at radius 1 is 1.29 bits per heavy atom. The number of carboxylic acid groups (broad SMARTS) is 1. The molecule has 2 rings (SSSR count). The van der Waals surface area contributed by atoms with E-state index in [9.17, 15) is 13.2 Å². The molecule has 0 radical (unpaired) electrons. The number of aromatic carboxylic acids is 1. The molecule has 0 aliphatic heterocycles. The first kappa shape index (κ1) is 15.5. The summed E-state index contributed by atoms with van der Waals surface area (Å²) in [4.78, 5) is 14.6. The van der Waals surface area contributed by atoms with Gasteiger partial charge in [-0.3, -0.25) is 4.72 Å². The average Bonchev–Trinajstić information content (AvgIpc) is 2.42. The lowest BCUT2D eigenvalue weighted by molar-refractivity contribution is 0.0696. The topological polar surface area (TPSA) is 96.4 Å². The second-order valence-corrected chi connectivity index (χ2v) is 6.79. The summed E-state index contributed by atoms with van der Waals surface area (Å²) in [7, 11) is -3.77. The van der Waals surface area contributed by atoms with E-state index in [1.807, 2.05) is 0 Å². The van der Waals surface area contributed by atoms with E-state index in [2.05, 4.69) is 25.6 Å². The lowest BCUT2D eigenvalue weighted by Gasteiger charge is -2.08. The van der Waals surface area contributed by atoms with E-state index in [-0.39, 0.29) is 16.3 Å². The molecule has 0 amide bonds. The summed E-state index contributed by atoms with van der Waals surface area (Å²) in [5, 5.41) is 8.76. The summed E-state index contributed by atoms with van der Waals surface area (Å²) in [5.74, 6) is -1.07. The van der Waals surface area contributed by atoms with E-state index in [0.717, 1.165) is 16.2 Å². The van der Waals surface area contributed by atoms with Gasteiger partial charge < -0.3 is 5.11 Å². The van der Waals surface area contributed by atoms with E-state index in [1.165, 1.54) is 24.3 Å². The number of nitrogens with one attached hydrogen (secondary N) is 1. The molecule has 0 saturated heterocycles. The van der Waals surface area contributed by atoms with E-state index < -0.39 is 16.0 Å². The van der Waals surface area contributed by atoms with Crippen molar-refractivity contribution in [3.8, 4) is 0 Å². The molecule has 1 aromatic heterocycles. The number of sulfonamides is 1. The third-order valence-electron chi connectivity index (χ3n) is 2.69. The Labute approximate surface area is 130 Å². The number of carboxylic acids is 1. The van der Waals surface area contributed by atoms with Crippen molar-refractivity contribution in [3.05, 3.63) is 52.1 Å². The van der Waals surface area contributed by atoms with E-state index in [4.69, 9.17) is 5.11 Å². The number of rotatable bonds is 4. The van der Waals surface area contributed by atoms with Gasteiger partial charge in [0.1, 0.15) is 5.82 Å². The fourth-order valence-corrected chi connectivity index (χ4v) is 2.90. The molecular weight excluding hydrogens is 360 g/mol. The highest BCUT2D eigenvalue weighted by Crippen LogP contribution is 2.21. The Morgan fingerprint density at radius 3 is 2.52 bits per heavy atom. The van der Waals surface area contributed by atoms with Crippen LogP contribution in [0.1, 0.15) is 15.9 Å². The standard InChI is InChI=1S/C13H11BrN2O4S/c1-8-6-10(3-4-11(8)14)21(19,20)16-12-5-2-9(7-15-12)13(17)18/h2-7H,1H3,(H,15,16)(H,17,18). The van der Waals surface area contributed by atoms with Crippen molar-refractivity contribution in [1.82, 2.24) is 4.98 Å². The Bertz CT molecular complexity index is 788. The predicted molar refractivity (Wildman–Crippen MR) is 80.9 cm³/mol. The number of pyridine rings is 1. The van der Waals surface area contributed by atoms with Crippen LogP contribution in [0, 0.1) is 6.92 Å². The maximum absolute atomic E-state index is 12.2. The third kappa shape index (κ3) is 3.59. The minimum absolute atomic E-state index is 0.0163. The molecule has 0 spiro atoms. The lowest BCUT2D eigenvalue weighted by Crippen LogP contribution is -2.14. The van der Waals surface area contributed by atoms with Crippen LogP contribution < -0.4 is 4.72 Å². The van der Waals surface area contributed by atoms with Crippen molar-refractivity contribution >= 4 is 37.7 Å². The smallest absolute Gasteiger partial charge is 0.337 e. The van der Waals surface area contributed by atoms with Crippen LogP contribution in [-0.4, -0.2) is 24.5 Å². The van der Waals surface area contributed by atoms with Crippen LogP contribution in [-0.2, 0) is 10.0 Å². The Hall–Kier alpha value is -1.93. The van der Waals surface area contributed by atoms with Gasteiger partial charge in [0.2, 0.25) is 0 Å². The van der Waals surface area contributed by atoms with Crippen LogP contribution in [0.2, 0.25) is 0 Å². The molecule has 1 heterocycles. The number of carbonyl (C=O) groups is 1. The minimum Gasteiger partial charge on any atom is -0.478 e. The predicted octanol–water partition coefficient (Wildman–Crippen LogP) is 2.65. The molecule has 2 N–H and O–H groups in total. The number of hydrogen-bond donors (Lipinski definition) is 2. The second-order valence-electron chi connectivity index (χ2n) is 4.25. The second kappa shape index (κ2) is 5.82. The maximum atomic E-state index is 12.2. The molecule has 0 atom stereocenters. The highest BCUT2D eigenvalue weighted by atomic mass is 79.9. The summed E-state index contributed by atoms with van der Waals surface area (Å²) in [6, 6.07) is 7.21. The number of anilines is 1. The highest BCUT2D eigenvalue weighted by Gasteiger charge is 2.16. The van der Waals surface area contributed by atoms with E-state index in [1.54, 1.807) is 13.0 Å². The fraction of sp³-hybridized carbons (Fsp3) is 0.0769. The van der Waals surface area contributed by atoms with Crippen LogP contribution >= 0.6 is 15.9 Å². The quantitative estimate of drug-likeness (QED) is 0.862. The van der Waals surface area contributed by atoms with Crippen LogP contribution in [0.25, 0.3) is 0 Å². The van der Waals surface area contributed by atoms with Gasteiger partial charge in [-0.05, 0) is 42.8 Å². The zero-order chi connectivity index (χ0) is 15.6. The molecule has 0 bridgehead atoms. The molecule has 8 heteroatoms. The molecule has 0 unspecified atom stereocenters. The fourth-order valence-electron chi connectivity index (χ4n) is 1.56. The van der Waals surface area contributed by atoms with Gasteiger partial charge in [-0.15, -0.1) is 0 Å². The number of benzene rings is 1. The summed E-state index contributed by atoms with van der Waals surface area (Å²) in [5.41, 5.74) is 0.768. The number of halogens is 1. The monoisotopic (exact) mass is 370 g/mol. The summed E-state index contributed by atoms with van der Waals surface area (Å²) >= 11 is 3.30. The SMILES string of the molecule is Cc1cc(S(=O)(=O)Nc2ccc(C(=O)O)cn2)ccc1Br. The van der Waals surface area contributed by atoms with Gasteiger partial charge in [-0.2, -0.15) is 0 Å². The molecule has 110 valence electrons. The van der Waals surface area contributed by atoms with Crippen LogP contribution in [0.15, 0.2) is 45.9 Å². The zero-order valence-corrected chi connectivity index (χ0v) is 13.3. The molecular formula is C13H11BrN2O4S. The zero-order valence-electron chi connectivity index (χ0n) is 10.9. The molecule has 1 aromatic carbocycles. The first-order valence-electron chi connectivity index (χ1n) is 5.78. The van der Waals surface area contributed by atoms with Crippen molar-refractivity contribution in [3.63, 3.8) is 0 Å². The molecule has 0 aliphatic carbocycles. The molecule has 0 aliphatic rings. The Balaban J connectivity index is 2.28. The van der Waals surface area contributed by atoms with Crippen molar-refractivity contribution in [2.24, 2.45) is 0 Å². The number of nitrogens with zero attached hydrogens (tertiary/aromatic N) is 1. The largest absolute Gasteiger partial charge is 0.478 e. The van der Waals surface area contributed by atoms with Gasteiger partial charge in [0.05, 0.1) is 10.5 Å². The molecule has 2 aromatic rings. The average molecular weight is 371 g/mol. The molecule has 0 fully saturated rings. The summed E-state index contributed by atoms with van der Waals surface area (Å²) in [6.45, 7) is 1.78. The first-order chi connectivity index (χ1) is 9.79. The molecule has 21 heavy (non-hydrogen) atoms. The van der Waals surface area contributed by atoms with Gasteiger partial charge in [0, 0.05) is 10.7 Å². The van der Waals surface area contributed by atoms with Gasteiger partial charge in [-0.1, -0.05) is 15.9 Å². The van der Waals surface area contributed by atoms with Crippen molar-refractivity contribution in [1.29, 1.82) is 0 Å². The number of hydrogen-bond acceptors (Lipinski definition) is 4. The van der Waals surface area contributed by atoms with Crippen LogP contribution in [0.3, 0.4) is 0 Å². The Morgan fingerprint density at radius 2 is 2.00 bits per heavy atom. The van der Waals surface area contributed by atoms with Crippen LogP contribution in [0.5, 0.6) is 0 Å². The normalized spacial score (nSPS) is 11.1. The molecule has 0 saturated carbocycles. The van der Waals surface area contributed by atoms with Gasteiger partial charge in [0.15, 0.2) is 0 Å². The first-order valence-corrected chi connectivity index (χ1v) is 8.05. The number of aryl methyl sites for hydroxylation is 1. The van der Waals surface area contributed by atoms with Crippen molar-refractivity contribution < 1.29 is 18.3 Å². The van der Waals surface area contributed by atoms with E-state index >= 15 is 0 Å². The third-order valence-corrected chi connectivity index (χ3v) is 4.93. The Kier molecular flexibility index (Phi) is 4.29. The van der Waals surface area contributed by atoms with Gasteiger partial charge >= 0.3 is 5.97 Å².